The third-order valence-electron chi connectivity index (χ3n) is 3.61. The molecule has 0 aliphatic rings. The summed E-state index contributed by atoms with van der Waals surface area (Å²) in [7, 11) is 1.66. The van der Waals surface area contributed by atoms with Crippen molar-refractivity contribution in [3.8, 4) is 5.75 Å². The fourth-order valence-corrected chi connectivity index (χ4v) is 3.11. The van der Waals surface area contributed by atoms with Crippen LogP contribution in [0.3, 0.4) is 0 Å². The Morgan fingerprint density at radius 2 is 2.14 bits per heavy atom. The largest absolute Gasteiger partial charge is 0.497 e. The zero-order valence-corrected chi connectivity index (χ0v) is 13.5. The number of rotatable bonds is 6. The average Bonchev–Trinajstić information content (AvgIpc) is 3.00. The summed E-state index contributed by atoms with van der Waals surface area (Å²) in [5.74, 6) is 0.983. The molecule has 0 bridgehead atoms. The van der Waals surface area contributed by atoms with Crippen molar-refractivity contribution >= 4 is 17.2 Å². The molecule has 1 unspecified atom stereocenters. The van der Waals surface area contributed by atoms with Gasteiger partial charge in [0.05, 0.1) is 19.6 Å². The standard InChI is InChI=1S/C17H21NO2S/c1-4-18(17(19)12-16-9-6-10-21-16)13(2)14-7-5-8-15(11-14)20-3/h5-11,13H,4,12H2,1-3H3. The number of likely N-dealkylation sites (N-methyl/N-ethyl adjacent to an activating group) is 1. The molecule has 4 heteroatoms. The lowest BCUT2D eigenvalue weighted by Gasteiger charge is -2.28. The summed E-state index contributed by atoms with van der Waals surface area (Å²) in [5.41, 5.74) is 1.09. The van der Waals surface area contributed by atoms with E-state index in [9.17, 15) is 4.79 Å². The van der Waals surface area contributed by atoms with E-state index in [0.29, 0.717) is 13.0 Å². The molecule has 0 aliphatic heterocycles. The van der Waals surface area contributed by atoms with E-state index in [1.54, 1.807) is 18.4 Å². The Morgan fingerprint density at radius 1 is 1.33 bits per heavy atom. The Labute approximate surface area is 130 Å². The highest BCUT2D eigenvalue weighted by Crippen LogP contribution is 2.24. The second kappa shape index (κ2) is 7.27. The van der Waals surface area contributed by atoms with Crippen LogP contribution in [0, 0.1) is 0 Å². The second-order valence-corrected chi connectivity index (χ2v) is 5.92. The van der Waals surface area contributed by atoms with Crippen molar-refractivity contribution in [2.75, 3.05) is 13.7 Å². The number of thiophene rings is 1. The summed E-state index contributed by atoms with van der Waals surface area (Å²) < 4.78 is 5.26. The predicted octanol–water partition coefficient (Wildman–Crippen LogP) is 3.91. The van der Waals surface area contributed by atoms with Crippen molar-refractivity contribution < 1.29 is 9.53 Å². The van der Waals surface area contributed by atoms with Gasteiger partial charge in [-0.2, -0.15) is 0 Å². The van der Waals surface area contributed by atoms with E-state index in [1.807, 2.05) is 53.6 Å². The minimum absolute atomic E-state index is 0.0394. The van der Waals surface area contributed by atoms with Crippen LogP contribution in [0.25, 0.3) is 0 Å². The minimum Gasteiger partial charge on any atom is -0.497 e. The molecule has 21 heavy (non-hydrogen) atoms. The highest BCUT2D eigenvalue weighted by atomic mass is 32.1. The number of carbonyl (C=O) groups is 1. The number of nitrogens with zero attached hydrogens (tertiary/aromatic N) is 1. The second-order valence-electron chi connectivity index (χ2n) is 4.89. The summed E-state index contributed by atoms with van der Waals surface area (Å²) in [6.45, 7) is 4.77. The molecule has 1 aromatic carbocycles. The third-order valence-corrected chi connectivity index (χ3v) is 4.49. The molecule has 1 aromatic heterocycles. The zero-order valence-electron chi connectivity index (χ0n) is 12.7. The number of hydrogen-bond donors (Lipinski definition) is 0. The first-order valence-corrected chi connectivity index (χ1v) is 7.99. The third kappa shape index (κ3) is 3.85. The molecule has 0 spiro atoms. The van der Waals surface area contributed by atoms with Gasteiger partial charge in [-0.25, -0.2) is 0 Å². The lowest BCUT2D eigenvalue weighted by molar-refractivity contribution is -0.132. The van der Waals surface area contributed by atoms with Crippen LogP contribution in [0.1, 0.15) is 30.3 Å². The van der Waals surface area contributed by atoms with E-state index in [1.165, 1.54) is 0 Å². The van der Waals surface area contributed by atoms with Crippen LogP contribution in [-0.2, 0) is 11.2 Å². The van der Waals surface area contributed by atoms with Gasteiger partial charge in [-0.3, -0.25) is 4.79 Å². The fraction of sp³-hybridized carbons (Fsp3) is 0.353. The highest BCUT2D eigenvalue weighted by Gasteiger charge is 2.20. The van der Waals surface area contributed by atoms with Crippen LogP contribution in [0.15, 0.2) is 41.8 Å². The maximum atomic E-state index is 12.5. The molecule has 3 nitrogen and oxygen atoms in total. The molecule has 0 radical (unpaired) electrons. The number of hydrogen-bond acceptors (Lipinski definition) is 3. The molecule has 0 fully saturated rings. The lowest BCUT2D eigenvalue weighted by Crippen LogP contribution is -2.34. The first kappa shape index (κ1) is 15.6. The van der Waals surface area contributed by atoms with Crippen molar-refractivity contribution in [1.29, 1.82) is 0 Å². The van der Waals surface area contributed by atoms with Crippen molar-refractivity contribution in [2.45, 2.75) is 26.3 Å². The van der Waals surface area contributed by atoms with Crippen LogP contribution in [0.4, 0.5) is 0 Å². The molecule has 1 amide bonds. The number of amides is 1. The van der Waals surface area contributed by atoms with E-state index >= 15 is 0 Å². The Morgan fingerprint density at radius 3 is 2.76 bits per heavy atom. The normalized spacial score (nSPS) is 12.0. The molecular weight excluding hydrogens is 282 g/mol. The number of methoxy groups -OCH3 is 1. The van der Waals surface area contributed by atoms with Gasteiger partial charge >= 0.3 is 0 Å². The van der Waals surface area contributed by atoms with E-state index in [4.69, 9.17) is 4.74 Å². The molecule has 2 aromatic rings. The molecule has 0 N–H and O–H groups in total. The molecule has 0 aliphatic carbocycles. The van der Waals surface area contributed by atoms with Crippen molar-refractivity contribution in [3.05, 3.63) is 52.2 Å². The van der Waals surface area contributed by atoms with Gasteiger partial charge in [0.2, 0.25) is 5.91 Å². The van der Waals surface area contributed by atoms with Gasteiger partial charge in [-0.05, 0) is 43.0 Å². The number of benzene rings is 1. The van der Waals surface area contributed by atoms with Gasteiger partial charge in [0.15, 0.2) is 0 Å². The topological polar surface area (TPSA) is 29.5 Å². The fourth-order valence-electron chi connectivity index (χ4n) is 2.41. The summed E-state index contributed by atoms with van der Waals surface area (Å²) in [4.78, 5) is 15.5. The Balaban J connectivity index is 2.13. The Bertz CT molecular complexity index is 580. The van der Waals surface area contributed by atoms with Gasteiger partial charge < -0.3 is 9.64 Å². The Kier molecular flexibility index (Phi) is 5.39. The van der Waals surface area contributed by atoms with Gasteiger partial charge in [-0.15, -0.1) is 11.3 Å². The van der Waals surface area contributed by atoms with E-state index < -0.39 is 0 Å². The molecule has 0 saturated heterocycles. The van der Waals surface area contributed by atoms with Crippen LogP contribution < -0.4 is 4.74 Å². The molecule has 112 valence electrons. The predicted molar refractivity (Wildman–Crippen MR) is 86.8 cm³/mol. The highest BCUT2D eigenvalue weighted by molar-refractivity contribution is 7.10. The van der Waals surface area contributed by atoms with Crippen molar-refractivity contribution in [1.82, 2.24) is 4.90 Å². The van der Waals surface area contributed by atoms with E-state index in [0.717, 1.165) is 16.2 Å². The van der Waals surface area contributed by atoms with Crippen LogP contribution in [0.2, 0.25) is 0 Å². The number of ether oxygens (including phenoxy) is 1. The molecule has 0 saturated carbocycles. The quantitative estimate of drug-likeness (QED) is 0.810. The summed E-state index contributed by atoms with van der Waals surface area (Å²) >= 11 is 1.63. The maximum absolute atomic E-state index is 12.5. The van der Waals surface area contributed by atoms with Gasteiger partial charge in [0.25, 0.3) is 0 Å². The summed E-state index contributed by atoms with van der Waals surface area (Å²) in [6, 6.07) is 11.9. The van der Waals surface area contributed by atoms with Crippen LogP contribution in [0.5, 0.6) is 5.75 Å². The van der Waals surface area contributed by atoms with E-state index in [2.05, 4.69) is 6.92 Å². The smallest absolute Gasteiger partial charge is 0.228 e. The average molecular weight is 303 g/mol. The zero-order chi connectivity index (χ0) is 15.2. The van der Waals surface area contributed by atoms with Crippen molar-refractivity contribution in [2.24, 2.45) is 0 Å². The summed E-state index contributed by atoms with van der Waals surface area (Å²) in [5, 5.41) is 2.00. The minimum atomic E-state index is 0.0394. The Hall–Kier alpha value is -1.81. The lowest BCUT2D eigenvalue weighted by atomic mass is 10.1. The monoisotopic (exact) mass is 303 g/mol. The molecule has 1 atom stereocenters. The number of carbonyl (C=O) groups excluding carboxylic acids is 1. The van der Waals surface area contributed by atoms with Crippen LogP contribution >= 0.6 is 11.3 Å². The first-order valence-electron chi connectivity index (χ1n) is 7.11. The molecular formula is C17H21NO2S. The SMILES string of the molecule is CCN(C(=O)Cc1cccs1)C(C)c1cccc(OC)c1. The van der Waals surface area contributed by atoms with Gasteiger partial charge in [0, 0.05) is 11.4 Å². The first-order chi connectivity index (χ1) is 10.2. The van der Waals surface area contributed by atoms with E-state index in [-0.39, 0.29) is 11.9 Å². The van der Waals surface area contributed by atoms with Crippen molar-refractivity contribution in [3.63, 3.8) is 0 Å². The van der Waals surface area contributed by atoms with Crippen LogP contribution in [-0.4, -0.2) is 24.5 Å². The van der Waals surface area contributed by atoms with Gasteiger partial charge in [0.1, 0.15) is 5.75 Å². The molecule has 1 heterocycles. The van der Waals surface area contributed by atoms with Gasteiger partial charge in [-0.1, -0.05) is 18.2 Å². The summed E-state index contributed by atoms with van der Waals surface area (Å²) in [6.07, 6.45) is 0.472. The molecule has 2 rings (SSSR count). The maximum Gasteiger partial charge on any atom is 0.228 e.